The normalized spacial score (nSPS) is 12.2. The topological polar surface area (TPSA) is 40.7 Å². The predicted octanol–water partition coefficient (Wildman–Crippen LogP) is 4.30. The van der Waals surface area contributed by atoms with Crippen LogP contribution in [0.15, 0.2) is 36.0 Å². The summed E-state index contributed by atoms with van der Waals surface area (Å²) < 4.78 is 0. The van der Waals surface area contributed by atoms with Crippen molar-refractivity contribution in [3.8, 4) is 0 Å². The predicted molar refractivity (Wildman–Crippen MR) is 85.3 cm³/mol. The molecule has 0 bridgehead atoms. The molecule has 0 unspecified atom stereocenters. The number of fused-ring (bicyclic) bond motifs is 1. The molecule has 0 aliphatic heterocycles. The first-order valence-electron chi connectivity index (χ1n) is 6.47. The summed E-state index contributed by atoms with van der Waals surface area (Å²) in [6.07, 6.45) is 3.88. The first-order chi connectivity index (χ1) is 9.56. The highest BCUT2D eigenvalue weighted by atomic mass is 35.5. The molecule has 1 aromatic carbocycles. The molecule has 0 spiro atoms. The lowest BCUT2D eigenvalue weighted by Crippen LogP contribution is -2.35. The van der Waals surface area contributed by atoms with Crippen LogP contribution < -0.4 is 5.32 Å². The van der Waals surface area contributed by atoms with Crippen molar-refractivity contribution in [3.05, 3.63) is 51.6 Å². The Labute approximate surface area is 127 Å². The number of hydrogen-bond donors (Lipinski definition) is 2. The Morgan fingerprint density at radius 2 is 2.25 bits per heavy atom. The zero-order valence-electron chi connectivity index (χ0n) is 11.4. The largest absolute Gasteiger partial charge is 0.361 e. The molecule has 104 valence electrons. The number of benzene rings is 1. The fourth-order valence-electron chi connectivity index (χ4n) is 2.23. The second kappa shape index (κ2) is 5.20. The lowest BCUT2D eigenvalue weighted by Gasteiger charge is -2.23. The maximum atomic E-state index is 6.00. The number of halogens is 1. The van der Waals surface area contributed by atoms with Crippen molar-refractivity contribution < 1.29 is 0 Å². The van der Waals surface area contributed by atoms with E-state index in [0.29, 0.717) is 0 Å². The van der Waals surface area contributed by atoms with Gasteiger partial charge in [-0.3, -0.25) is 0 Å². The van der Waals surface area contributed by atoms with Gasteiger partial charge < -0.3 is 10.3 Å². The number of nitrogens with zero attached hydrogens (tertiary/aromatic N) is 1. The van der Waals surface area contributed by atoms with E-state index in [4.69, 9.17) is 11.6 Å². The highest BCUT2D eigenvalue weighted by molar-refractivity contribution is 7.09. The van der Waals surface area contributed by atoms with Crippen molar-refractivity contribution in [1.82, 2.24) is 15.3 Å². The van der Waals surface area contributed by atoms with Crippen LogP contribution in [0.4, 0.5) is 0 Å². The van der Waals surface area contributed by atoms with Gasteiger partial charge >= 0.3 is 0 Å². The monoisotopic (exact) mass is 305 g/mol. The summed E-state index contributed by atoms with van der Waals surface area (Å²) in [6, 6.07) is 5.93. The lowest BCUT2D eigenvalue weighted by molar-refractivity contribution is 0.400. The second-order valence-corrected chi connectivity index (χ2v) is 6.65. The molecular formula is C15H16ClN3S. The van der Waals surface area contributed by atoms with E-state index in [1.807, 2.05) is 29.9 Å². The Morgan fingerprint density at radius 1 is 1.40 bits per heavy atom. The number of nitrogens with one attached hydrogen (secondary N) is 2. The van der Waals surface area contributed by atoms with Crippen molar-refractivity contribution in [2.24, 2.45) is 0 Å². The van der Waals surface area contributed by atoms with Gasteiger partial charge in [-0.1, -0.05) is 17.7 Å². The summed E-state index contributed by atoms with van der Waals surface area (Å²) in [4.78, 5) is 7.66. The Balaban J connectivity index is 1.80. The van der Waals surface area contributed by atoms with Crippen LogP contribution in [0.1, 0.15) is 24.4 Å². The molecule has 20 heavy (non-hydrogen) atoms. The zero-order chi connectivity index (χ0) is 14.2. The maximum absolute atomic E-state index is 6.00. The average molecular weight is 306 g/mol. The summed E-state index contributed by atoms with van der Waals surface area (Å²) in [5, 5.41) is 8.63. The molecule has 3 nitrogen and oxygen atoms in total. The molecule has 0 aliphatic carbocycles. The van der Waals surface area contributed by atoms with Crippen molar-refractivity contribution in [2.75, 3.05) is 0 Å². The minimum Gasteiger partial charge on any atom is -0.361 e. The Hall–Kier alpha value is -1.36. The Bertz CT molecular complexity index is 716. The van der Waals surface area contributed by atoms with Crippen LogP contribution in [-0.4, -0.2) is 9.97 Å². The van der Waals surface area contributed by atoms with Crippen LogP contribution in [0.25, 0.3) is 10.9 Å². The number of H-pyrrole nitrogens is 1. The van der Waals surface area contributed by atoms with E-state index in [-0.39, 0.29) is 5.54 Å². The van der Waals surface area contributed by atoms with Gasteiger partial charge in [0.25, 0.3) is 0 Å². The molecule has 2 N–H and O–H groups in total. The molecule has 0 fully saturated rings. The van der Waals surface area contributed by atoms with E-state index in [0.717, 1.165) is 22.1 Å². The lowest BCUT2D eigenvalue weighted by atomic mass is 10.1. The molecule has 0 aliphatic rings. The summed E-state index contributed by atoms with van der Waals surface area (Å²) in [5.74, 6) is 0. The molecule has 5 heteroatoms. The third-order valence-electron chi connectivity index (χ3n) is 3.42. The third kappa shape index (κ3) is 2.59. The number of rotatable bonds is 4. The zero-order valence-corrected chi connectivity index (χ0v) is 13.0. The number of hydrogen-bond acceptors (Lipinski definition) is 3. The molecule has 2 aromatic heterocycles. The van der Waals surface area contributed by atoms with Crippen LogP contribution in [0, 0.1) is 0 Å². The number of thiazole rings is 1. The molecule has 2 heterocycles. The number of aromatic nitrogens is 2. The van der Waals surface area contributed by atoms with Gasteiger partial charge in [0.2, 0.25) is 0 Å². The van der Waals surface area contributed by atoms with Gasteiger partial charge in [-0.05, 0) is 31.5 Å². The summed E-state index contributed by atoms with van der Waals surface area (Å²) in [5.41, 5.74) is 2.17. The van der Waals surface area contributed by atoms with Crippen molar-refractivity contribution in [2.45, 2.75) is 25.9 Å². The van der Waals surface area contributed by atoms with E-state index < -0.39 is 0 Å². The highest BCUT2D eigenvalue weighted by Crippen LogP contribution is 2.25. The maximum Gasteiger partial charge on any atom is 0.112 e. The Morgan fingerprint density at radius 3 is 3.00 bits per heavy atom. The minimum absolute atomic E-state index is 0.135. The van der Waals surface area contributed by atoms with Gasteiger partial charge in [-0.25, -0.2) is 4.98 Å². The molecule has 0 saturated heterocycles. The molecule has 0 atom stereocenters. The highest BCUT2D eigenvalue weighted by Gasteiger charge is 2.22. The summed E-state index contributed by atoms with van der Waals surface area (Å²) >= 11 is 7.68. The van der Waals surface area contributed by atoms with Crippen LogP contribution in [0.3, 0.4) is 0 Å². The molecule has 0 radical (unpaired) electrons. The van der Waals surface area contributed by atoms with Crippen LogP contribution in [0.2, 0.25) is 5.02 Å². The standard InChI is InChI=1S/C15H16ClN3S/c1-15(2,14-17-5-6-20-14)19-9-10-8-18-13-7-11(16)3-4-12(10)13/h3-8,18-19H,9H2,1-2H3. The van der Waals surface area contributed by atoms with E-state index in [9.17, 15) is 0 Å². The molecule has 3 rings (SSSR count). The van der Waals surface area contributed by atoms with Crippen LogP contribution in [-0.2, 0) is 12.1 Å². The smallest absolute Gasteiger partial charge is 0.112 e. The van der Waals surface area contributed by atoms with Gasteiger partial charge in [-0.15, -0.1) is 11.3 Å². The fourth-order valence-corrected chi connectivity index (χ4v) is 3.14. The number of aromatic amines is 1. The average Bonchev–Trinajstić information content (AvgIpc) is 3.06. The molecular weight excluding hydrogens is 290 g/mol. The van der Waals surface area contributed by atoms with E-state index in [2.05, 4.69) is 35.2 Å². The summed E-state index contributed by atoms with van der Waals surface area (Å²) in [7, 11) is 0. The van der Waals surface area contributed by atoms with Crippen LogP contribution in [0.5, 0.6) is 0 Å². The third-order valence-corrected chi connectivity index (χ3v) is 4.75. The minimum atomic E-state index is -0.135. The molecule has 3 aromatic rings. The van der Waals surface area contributed by atoms with E-state index in [1.165, 1.54) is 10.9 Å². The van der Waals surface area contributed by atoms with Gasteiger partial charge in [0.15, 0.2) is 0 Å². The first kappa shape index (κ1) is 13.6. The van der Waals surface area contributed by atoms with Crippen molar-refractivity contribution >= 4 is 33.8 Å². The van der Waals surface area contributed by atoms with Crippen molar-refractivity contribution in [3.63, 3.8) is 0 Å². The van der Waals surface area contributed by atoms with Crippen molar-refractivity contribution in [1.29, 1.82) is 0 Å². The quantitative estimate of drug-likeness (QED) is 0.754. The molecule has 0 amide bonds. The van der Waals surface area contributed by atoms with E-state index in [1.54, 1.807) is 11.3 Å². The molecule has 0 saturated carbocycles. The van der Waals surface area contributed by atoms with Gasteiger partial charge in [0, 0.05) is 40.2 Å². The fraction of sp³-hybridized carbons (Fsp3) is 0.267. The van der Waals surface area contributed by atoms with Gasteiger partial charge in [-0.2, -0.15) is 0 Å². The van der Waals surface area contributed by atoms with E-state index >= 15 is 0 Å². The second-order valence-electron chi connectivity index (χ2n) is 5.32. The van der Waals surface area contributed by atoms with Crippen LogP contribution >= 0.6 is 22.9 Å². The van der Waals surface area contributed by atoms with Gasteiger partial charge in [0.05, 0.1) is 5.54 Å². The van der Waals surface area contributed by atoms with Gasteiger partial charge in [0.1, 0.15) is 5.01 Å². The SMILES string of the molecule is CC(C)(NCc1c[nH]c2cc(Cl)ccc12)c1nccs1. The summed E-state index contributed by atoms with van der Waals surface area (Å²) in [6.45, 7) is 5.09. The Kier molecular flexibility index (Phi) is 3.54. The first-order valence-corrected chi connectivity index (χ1v) is 7.72.